The van der Waals surface area contributed by atoms with Crippen LogP contribution in [-0.2, 0) is 16.5 Å². The molecule has 0 aliphatic heterocycles. The minimum atomic E-state index is -4.10. The summed E-state index contributed by atoms with van der Waals surface area (Å²) in [6, 6.07) is 6.00. The molecule has 0 bridgehead atoms. The van der Waals surface area contributed by atoms with E-state index in [2.05, 4.69) is 0 Å². The molecule has 0 amide bonds. The molecule has 1 rings (SSSR count). The van der Waals surface area contributed by atoms with E-state index >= 15 is 0 Å². The molecule has 84 valence electrons. The van der Waals surface area contributed by atoms with Gasteiger partial charge in [-0.3, -0.25) is 4.55 Å². The second-order valence-corrected chi connectivity index (χ2v) is 4.55. The molecule has 6 heteroatoms. The topological polar surface area (TPSA) is 86.6 Å². The van der Waals surface area contributed by atoms with Gasteiger partial charge in [0.2, 0.25) is 0 Å². The first-order chi connectivity index (χ1) is 7.04. The van der Waals surface area contributed by atoms with Gasteiger partial charge in [0.15, 0.2) is 0 Å². The molecule has 0 saturated carbocycles. The lowest BCUT2D eigenvalue weighted by molar-refractivity contribution is 0.166. The quantitative estimate of drug-likeness (QED) is 0.397. The maximum atomic E-state index is 10.7. The number of benzene rings is 1. The highest BCUT2D eigenvalue weighted by Gasteiger charge is 2.07. The van der Waals surface area contributed by atoms with Gasteiger partial charge in [0.05, 0.1) is 4.90 Å². The van der Waals surface area contributed by atoms with Gasteiger partial charge in [-0.05, 0) is 30.5 Å². The number of aryl methyl sites for hydroxylation is 1. The summed E-state index contributed by atoms with van der Waals surface area (Å²) in [6.45, 7) is 0.486. The molecule has 0 radical (unpaired) electrons. The van der Waals surface area contributed by atoms with Crippen molar-refractivity contribution in [3.63, 3.8) is 0 Å². The fourth-order valence-corrected chi connectivity index (χ4v) is 1.68. The Morgan fingerprint density at radius 3 is 2.27 bits per heavy atom. The van der Waals surface area contributed by atoms with Crippen molar-refractivity contribution in [1.82, 2.24) is 5.48 Å². The van der Waals surface area contributed by atoms with Crippen molar-refractivity contribution in [2.45, 2.75) is 17.7 Å². The van der Waals surface area contributed by atoms with Crippen LogP contribution in [0.5, 0.6) is 0 Å². The van der Waals surface area contributed by atoms with Crippen molar-refractivity contribution in [3.05, 3.63) is 29.8 Å². The molecule has 0 saturated heterocycles. The lowest BCUT2D eigenvalue weighted by atomic mass is 10.1. The molecule has 0 aromatic heterocycles. The summed E-state index contributed by atoms with van der Waals surface area (Å²) in [4.78, 5) is -0.105. The normalized spacial score (nSPS) is 11.6. The summed E-state index contributed by atoms with van der Waals surface area (Å²) in [5.74, 6) is 0. The summed E-state index contributed by atoms with van der Waals surface area (Å²) in [5, 5.41) is 8.33. The number of hydrogen-bond donors (Lipinski definition) is 3. The second-order valence-electron chi connectivity index (χ2n) is 3.13. The van der Waals surface area contributed by atoms with Gasteiger partial charge in [-0.15, -0.1) is 0 Å². The Hall–Kier alpha value is -0.950. The van der Waals surface area contributed by atoms with Crippen LogP contribution >= 0.6 is 0 Å². The van der Waals surface area contributed by atoms with Crippen LogP contribution in [0.4, 0.5) is 0 Å². The first kappa shape index (κ1) is 12.1. The van der Waals surface area contributed by atoms with E-state index in [1.54, 1.807) is 12.1 Å². The average Bonchev–Trinajstić information content (AvgIpc) is 2.18. The molecule has 0 heterocycles. The van der Waals surface area contributed by atoms with Crippen molar-refractivity contribution in [2.24, 2.45) is 0 Å². The first-order valence-electron chi connectivity index (χ1n) is 4.47. The maximum absolute atomic E-state index is 10.7. The molecule has 1 aromatic carbocycles. The van der Waals surface area contributed by atoms with Gasteiger partial charge in [-0.1, -0.05) is 12.1 Å². The summed E-state index contributed by atoms with van der Waals surface area (Å²) < 4.78 is 30.2. The molecule has 0 unspecified atom stereocenters. The van der Waals surface area contributed by atoms with Gasteiger partial charge in [0.25, 0.3) is 10.1 Å². The Bertz CT molecular complexity index is 399. The summed E-state index contributed by atoms with van der Waals surface area (Å²) in [6.07, 6.45) is 1.49. The highest BCUT2D eigenvalue weighted by atomic mass is 32.2. The van der Waals surface area contributed by atoms with Crippen molar-refractivity contribution >= 4 is 10.1 Å². The summed E-state index contributed by atoms with van der Waals surface area (Å²) in [5.41, 5.74) is 2.99. The predicted molar refractivity (Wildman–Crippen MR) is 54.4 cm³/mol. The van der Waals surface area contributed by atoms with Crippen LogP contribution in [-0.4, -0.2) is 24.7 Å². The molecule has 15 heavy (non-hydrogen) atoms. The van der Waals surface area contributed by atoms with E-state index in [1.165, 1.54) is 12.1 Å². The van der Waals surface area contributed by atoms with Crippen molar-refractivity contribution in [2.75, 3.05) is 6.54 Å². The van der Waals surface area contributed by atoms with E-state index in [0.29, 0.717) is 6.54 Å². The van der Waals surface area contributed by atoms with Crippen molar-refractivity contribution in [1.29, 1.82) is 0 Å². The number of rotatable bonds is 5. The number of hydroxylamine groups is 1. The molecule has 0 aliphatic carbocycles. The fourth-order valence-electron chi connectivity index (χ4n) is 1.20. The SMILES string of the molecule is O=S(=O)(O)c1ccc(CCCNO)cc1. The smallest absolute Gasteiger partial charge is 0.294 e. The molecular formula is C9H13NO4S. The van der Waals surface area contributed by atoms with E-state index in [-0.39, 0.29) is 4.90 Å². The average molecular weight is 231 g/mol. The second kappa shape index (κ2) is 5.22. The molecule has 0 aliphatic rings. The zero-order valence-corrected chi connectivity index (χ0v) is 8.87. The van der Waals surface area contributed by atoms with E-state index in [4.69, 9.17) is 9.76 Å². The molecular weight excluding hydrogens is 218 g/mol. The molecule has 1 aromatic rings. The van der Waals surface area contributed by atoms with Gasteiger partial charge in [0.1, 0.15) is 0 Å². The van der Waals surface area contributed by atoms with Gasteiger partial charge in [-0.2, -0.15) is 8.42 Å². The van der Waals surface area contributed by atoms with Crippen LogP contribution in [0.15, 0.2) is 29.2 Å². The van der Waals surface area contributed by atoms with Gasteiger partial charge < -0.3 is 5.21 Å². The Morgan fingerprint density at radius 1 is 1.20 bits per heavy atom. The monoisotopic (exact) mass is 231 g/mol. The van der Waals surface area contributed by atoms with Gasteiger partial charge in [0, 0.05) is 6.54 Å². The Kier molecular flexibility index (Phi) is 4.22. The zero-order valence-electron chi connectivity index (χ0n) is 8.05. The third-order valence-electron chi connectivity index (χ3n) is 1.98. The summed E-state index contributed by atoms with van der Waals surface area (Å²) in [7, 11) is -4.10. The Balaban J connectivity index is 2.65. The first-order valence-corrected chi connectivity index (χ1v) is 5.91. The van der Waals surface area contributed by atoms with Crippen LogP contribution in [0.3, 0.4) is 0 Å². The molecule has 3 N–H and O–H groups in total. The Labute approximate surface area is 88.5 Å². The number of nitrogens with one attached hydrogen (secondary N) is 1. The molecule has 5 nitrogen and oxygen atoms in total. The highest BCUT2D eigenvalue weighted by Crippen LogP contribution is 2.11. The fraction of sp³-hybridized carbons (Fsp3) is 0.333. The van der Waals surface area contributed by atoms with Crippen molar-refractivity contribution < 1.29 is 18.2 Å². The van der Waals surface area contributed by atoms with E-state index in [0.717, 1.165) is 18.4 Å². The summed E-state index contributed by atoms with van der Waals surface area (Å²) >= 11 is 0. The molecule has 0 spiro atoms. The minimum absolute atomic E-state index is 0.105. The van der Waals surface area contributed by atoms with Crippen LogP contribution in [0.25, 0.3) is 0 Å². The van der Waals surface area contributed by atoms with Gasteiger partial charge in [-0.25, -0.2) is 5.48 Å². The standard InChI is InChI=1S/C9H13NO4S/c11-10-7-1-2-8-3-5-9(6-4-8)15(12,13)14/h3-6,10-11H,1-2,7H2,(H,12,13,14). The Morgan fingerprint density at radius 2 is 1.80 bits per heavy atom. The molecule has 0 atom stereocenters. The zero-order chi connectivity index (χ0) is 11.3. The van der Waals surface area contributed by atoms with E-state index in [9.17, 15) is 8.42 Å². The minimum Gasteiger partial charge on any atom is -0.317 e. The van der Waals surface area contributed by atoms with Crippen LogP contribution in [0.2, 0.25) is 0 Å². The lowest BCUT2D eigenvalue weighted by Crippen LogP contribution is -2.09. The van der Waals surface area contributed by atoms with Crippen LogP contribution < -0.4 is 5.48 Å². The molecule has 0 fully saturated rings. The van der Waals surface area contributed by atoms with E-state index < -0.39 is 10.1 Å². The van der Waals surface area contributed by atoms with Crippen LogP contribution in [0, 0.1) is 0 Å². The number of hydrogen-bond acceptors (Lipinski definition) is 4. The third kappa shape index (κ3) is 3.96. The maximum Gasteiger partial charge on any atom is 0.294 e. The third-order valence-corrected chi connectivity index (χ3v) is 2.84. The predicted octanol–water partition coefficient (Wildman–Crippen LogP) is 0.845. The van der Waals surface area contributed by atoms with Gasteiger partial charge >= 0.3 is 0 Å². The van der Waals surface area contributed by atoms with Crippen molar-refractivity contribution in [3.8, 4) is 0 Å². The largest absolute Gasteiger partial charge is 0.317 e. The van der Waals surface area contributed by atoms with E-state index in [1.807, 2.05) is 5.48 Å². The highest BCUT2D eigenvalue weighted by molar-refractivity contribution is 7.85. The van der Waals surface area contributed by atoms with Crippen LogP contribution in [0.1, 0.15) is 12.0 Å². The lowest BCUT2D eigenvalue weighted by Gasteiger charge is -2.01.